The van der Waals surface area contributed by atoms with Gasteiger partial charge >= 0.3 is 0 Å². The molecule has 0 saturated carbocycles. The first-order chi connectivity index (χ1) is 11.5. The molecular formula is C20H18FNO2. The maximum Gasteiger partial charge on any atom is 0.258 e. The second-order valence-electron chi connectivity index (χ2n) is 5.21. The van der Waals surface area contributed by atoms with Crippen molar-refractivity contribution < 1.29 is 13.9 Å². The van der Waals surface area contributed by atoms with E-state index >= 15 is 0 Å². The van der Waals surface area contributed by atoms with Crippen molar-refractivity contribution in [2.45, 2.75) is 6.92 Å². The predicted molar refractivity (Wildman–Crippen MR) is 94.5 cm³/mol. The highest BCUT2D eigenvalue weighted by Gasteiger charge is 2.11. The largest absolute Gasteiger partial charge is 0.458 e. The van der Waals surface area contributed by atoms with E-state index in [4.69, 9.17) is 4.74 Å². The van der Waals surface area contributed by atoms with E-state index in [1.165, 1.54) is 18.2 Å². The standard InChI is InChI=1S/C20H18FNO2/c1-14(2)11-12-15(3)24-17-8-6-7-16(13-17)22-20(23)18-9-4-5-10-19(18)21/h4-13H,1,3H2,2H3,(H,22,23)/b12-11-. The molecule has 0 unspecified atom stereocenters. The number of nitrogens with one attached hydrogen (secondary N) is 1. The maximum absolute atomic E-state index is 13.6. The van der Waals surface area contributed by atoms with E-state index in [9.17, 15) is 9.18 Å². The summed E-state index contributed by atoms with van der Waals surface area (Å²) in [4.78, 5) is 12.1. The quantitative estimate of drug-likeness (QED) is 0.593. The molecule has 0 aromatic heterocycles. The molecule has 2 aromatic carbocycles. The molecule has 0 heterocycles. The van der Waals surface area contributed by atoms with Crippen LogP contribution in [0.2, 0.25) is 0 Å². The van der Waals surface area contributed by atoms with Gasteiger partial charge in [-0.15, -0.1) is 0 Å². The van der Waals surface area contributed by atoms with Gasteiger partial charge in [0, 0.05) is 11.8 Å². The Morgan fingerprint density at radius 1 is 1.12 bits per heavy atom. The first-order valence-electron chi connectivity index (χ1n) is 7.32. The van der Waals surface area contributed by atoms with Crippen LogP contribution < -0.4 is 10.1 Å². The lowest BCUT2D eigenvalue weighted by atomic mass is 10.2. The molecule has 2 aromatic rings. The Morgan fingerprint density at radius 2 is 1.88 bits per heavy atom. The van der Waals surface area contributed by atoms with Crippen molar-refractivity contribution in [3.63, 3.8) is 0 Å². The van der Waals surface area contributed by atoms with Crippen LogP contribution in [0.4, 0.5) is 10.1 Å². The Hall–Kier alpha value is -3.14. The van der Waals surface area contributed by atoms with Crippen molar-refractivity contribution in [2.24, 2.45) is 0 Å². The average molecular weight is 323 g/mol. The highest BCUT2D eigenvalue weighted by Crippen LogP contribution is 2.20. The molecule has 24 heavy (non-hydrogen) atoms. The van der Waals surface area contributed by atoms with Crippen LogP contribution >= 0.6 is 0 Å². The first-order valence-corrected chi connectivity index (χ1v) is 7.32. The summed E-state index contributed by atoms with van der Waals surface area (Å²) < 4.78 is 19.2. The second-order valence-corrected chi connectivity index (χ2v) is 5.21. The zero-order chi connectivity index (χ0) is 17.5. The third-order valence-corrected chi connectivity index (χ3v) is 3.01. The van der Waals surface area contributed by atoms with Crippen LogP contribution in [-0.4, -0.2) is 5.91 Å². The molecule has 0 radical (unpaired) electrons. The van der Waals surface area contributed by atoms with E-state index in [1.54, 1.807) is 42.5 Å². The predicted octanol–water partition coefficient (Wildman–Crippen LogP) is 5.10. The van der Waals surface area contributed by atoms with Crippen LogP contribution in [0.1, 0.15) is 17.3 Å². The van der Waals surface area contributed by atoms with E-state index in [-0.39, 0.29) is 5.56 Å². The summed E-state index contributed by atoms with van der Waals surface area (Å²) in [5.74, 6) is -0.139. The Balaban J connectivity index is 2.08. The van der Waals surface area contributed by atoms with Gasteiger partial charge in [0.25, 0.3) is 5.91 Å². The Labute approximate surface area is 140 Å². The lowest BCUT2D eigenvalue weighted by Crippen LogP contribution is -2.13. The fourth-order valence-corrected chi connectivity index (χ4v) is 1.90. The number of ether oxygens (including phenoxy) is 1. The summed E-state index contributed by atoms with van der Waals surface area (Å²) in [5.41, 5.74) is 1.36. The molecule has 0 saturated heterocycles. The highest BCUT2D eigenvalue weighted by atomic mass is 19.1. The van der Waals surface area contributed by atoms with Gasteiger partial charge in [-0.2, -0.15) is 0 Å². The first kappa shape index (κ1) is 17.2. The van der Waals surface area contributed by atoms with E-state index in [0.29, 0.717) is 17.2 Å². The second kappa shape index (κ2) is 7.92. The lowest BCUT2D eigenvalue weighted by molar-refractivity contribution is 0.102. The third-order valence-electron chi connectivity index (χ3n) is 3.01. The van der Waals surface area contributed by atoms with E-state index in [0.717, 1.165) is 5.57 Å². The fraction of sp³-hybridized carbons (Fsp3) is 0.0500. The molecule has 0 aliphatic rings. The average Bonchev–Trinajstić information content (AvgIpc) is 2.53. The number of hydrogen-bond acceptors (Lipinski definition) is 2. The van der Waals surface area contributed by atoms with E-state index < -0.39 is 11.7 Å². The van der Waals surface area contributed by atoms with Crippen molar-refractivity contribution in [2.75, 3.05) is 5.32 Å². The molecular weight excluding hydrogens is 305 g/mol. The number of allylic oxidation sites excluding steroid dienone is 3. The van der Waals surface area contributed by atoms with Crippen molar-refractivity contribution in [1.29, 1.82) is 0 Å². The molecule has 0 fully saturated rings. The summed E-state index contributed by atoms with van der Waals surface area (Å²) in [6, 6.07) is 12.6. The molecule has 122 valence electrons. The molecule has 0 spiro atoms. The topological polar surface area (TPSA) is 38.3 Å². The van der Waals surface area contributed by atoms with Crippen LogP contribution in [0.5, 0.6) is 5.75 Å². The summed E-state index contributed by atoms with van der Waals surface area (Å²) in [5, 5.41) is 2.64. The molecule has 0 atom stereocenters. The van der Waals surface area contributed by atoms with Crippen LogP contribution in [0, 0.1) is 5.82 Å². The van der Waals surface area contributed by atoms with Gasteiger partial charge in [0.2, 0.25) is 0 Å². The van der Waals surface area contributed by atoms with Gasteiger partial charge in [-0.05, 0) is 37.3 Å². The van der Waals surface area contributed by atoms with Crippen molar-refractivity contribution >= 4 is 11.6 Å². The third kappa shape index (κ3) is 4.95. The smallest absolute Gasteiger partial charge is 0.258 e. The molecule has 4 heteroatoms. The van der Waals surface area contributed by atoms with E-state index in [2.05, 4.69) is 18.5 Å². The van der Waals surface area contributed by atoms with Gasteiger partial charge in [-0.3, -0.25) is 4.79 Å². The maximum atomic E-state index is 13.6. The van der Waals surface area contributed by atoms with Gasteiger partial charge in [0.15, 0.2) is 0 Å². The Kier molecular flexibility index (Phi) is 5.68. The van der Waals surface area contributed by atoms with E-state index in [1.807, 2.05) is 6.92 Å². The number of amides is 1. The van der Waals surface area contributed by atoms with Crippen LogP contribution in [0.15, 0.2) is 85.2 Å². The number of anilines is 1. The number of halogens is 1. The Bertz CT molecular complexity index is 809. The van der Waals surface area contributed by atoms with Crippen LogP contribution in [0.3, 0.4) is 0 Å². The number of benzene rings is 2. The van der Waals surface area contributed by atoms with Crippen molar-refractivity contribution in [3.05, 3.63) is 96.6 Å². The molecule has 3 nitrogen and oxygen atoms in total. The number of rotatable bonds is 6. The van der Waals surface area contributed by atoms with Crippen LogP contribution in [-0.2, 0) is 0 Å². The molecule has 0 aliphatic carbocycles. The zero-order valence-electron chi connectivity index (χ0n) is 13.4. The normalized spacial score (nSPS) is 10.4. The summed E-state index contributed by atoms with van der Waals surface area (Å²) in [7, 11) is 0. The minimum Gasteiger partial charge on any atom is -0.458 e. The zero-order valence-corrected chi connectivity index (χ0v) is 13.4. The summed E-state index contributed by atoms with van der Waals surface area (Å²) >= 11 is 0. The fourth-order valence-electron chi connectivity index (χ4n) is 1.90. The number of carbonyl (C=O) groups excluding carboxylic acids is 1. The monoisotopic (exact) mass is 323 g/mol. The van der Waals surface area contributed by atoms with Crippen LogP contribution in [0.25, 0.3) is 0 Å². The summed E-state index contributed by atoms with van der Waals surface area (Å²) in [6.45, 7) is 9.40. The number of carbonyl (C=O) groups is 1. The van der Waals surface area contributed by atoms with Gasteiger partial charge in [0.05, 0.1) is 5.56 Å². The molecule has 1 amide bonds. The SMILES string of the molecule is C=C(C)/C=C\C(=C)Oc1cccc(NC(=O)c2ccccc2F)c1. The number of hydrogen-bond donors (Lipinski definition) is 1. The van der Waals surface area contributed by atoms with Gasteiger partial charge < -0.3 is 10.1 Å². The van der Waals surface area contributed by atoms with Crippen molar-refractivity contribution in [3.8, 4) is 5.75 Å². The molecule has 2 rings (SSSR count). The van der Waals surface area contributed by atoms with Gasteiger partial charge in [-0.1, -0.05) is 43.0 Å². The molecule has 0 aliphatic heterocycles. The minimum atomic E-state index is -0.569. The Morgan fingerprint density at radius 3 is 2.58 bits per heavy atom. The van der Waals surface area contributed by atoms with Crippen molar-refractivity contribution in [1.82, 2.24) is 0 Å². The van der Waals surface area contributed by atoms with Gasteiger partial charge in [0.1, 0.15) is 17.3 Å². The summed E-state index contributed by atoms with van der Waals surface area (Å²) in [6.07, 6.45) is 3.49. The highest BCUT2D eigenvalue weighted by molar-refractivity contribution is 6.04. The molecule has 0 bridgehead atoms. The lowest BCUT2D eigenvalue weighted by Gasteiger charge is -2.09. The molecule has 1 N–H and O–H groups in total. The minimum absolute atomic E-state index is 0.0161. The van der Waals surface area contributed by atoms with Gasteiger partial charge in [-0.25, -0.2) is 4.39 Å².